The SMILES string of the molecule is CC(CC1COCCN1C(=O)OC(C)(C)C)NCC(C)(C)C. The van der Waals surface area contributed by atoms with Crippen LogP contribution in [0.3, 0.4) is 0 Å². The monoisotopic (exact) mass is 314 g/mol. The Morgan fingerprint density at radius 1 is 1.32 bits per heavy atom. The molecule has 1 aliphatic rings. The van der Waals surface area contributed by atoms with Gasteiger partial charge in [-0.15, -0.1) is 0 Å². The number of hydrogen-bond donors (Lipinski definition) is 1. The first kappa shape index (κ1) is 19.2. The van der Waals surface area contributed by atoms with Gasteiger partial charge in [0, 0.05) is 19.1 Å². The zero-order chi connectivity index (χ0) is 17.0. The Bertz CT molecular complexity index is 358. The molecule has 1 heterocycles. The smallest absolute Gasteiger partial charge is 0.410 e. The van der Waals surface area contributed by atoms with E-state index >= 15 is 0 Å². The van der Waals surface area contributed by atoms with E-state index in [4.69, 9.17) is 9.47 Å². The number of nitrogens with zero attached hydrogens (tertiary/aromatic N) is 1. The molecule has 1 aliphatic heterocycles. The second-order valence-electron chi connectivity index (χ2n) is 8.48. The normalized spacial score (nSPS) is 21.6. The quantitative estimate of drug-likeness (QED) is 0.866. The summed E-state index contributed by atoms with van der Waals surface area (Å²) in [5, 5.41) is 3.54. The minimum atomic E-state index is -0.462. The van der Waals surface area contributed by atoms with Crippen LogP contribution in [0.5, 0.6) is 0 Å². The molecule has 0 radical (unpaired) electrons. The van der Waals surface area contributed by atoms with Crippen LogP contribution in [0.4, 0.5) is 4.79 Å². The summed E-state index contributed by atoms with van der Waals surface area (Å²) >= 11 is 0. The van der Waals surface area contributed by atoms with E-state index in [9.17, 15) is 4.79 Å². The van der Waals surface area contributed by atoms with Crippen molar-refractivity contribution in [3.8, 4) is 0 Å². The molecule has 0 aliphatic carbocycles. The number of morpholine rings is 1. The molecule has 2 atom stereocenters. The number of amides is 1. The van der Waals surface area contributed by atoms with Crippen LogP contribution in [0.1, 0.15) is 54.9 Å². The lowest BCUT2D eigenvalue weighted by atomic mass is 9.96. The van der Waals surface area contributed by atoms with Gasteiger partial charge in [0.25, 0.3) is 0 Å². The number of ether oxygens (including phenoxy) is 2. The van der Waals surface area contributed by atoms with E-state index in [1.807, 2.05) is 25.7 Å². The van der Waals surface area contributed by atoms with E-state index in [2.05, 4.69) is 33.0 Å². The number of carbonyl (C=O) groups excluding carboxylic acids is 1. The second kappa shape index (κ2) is 7.64. The molecule has 1 amide bonds. The first-order chi connectivity index (χ1) is 9.98. The van der Waals surface area contributed by atoms with Gasteiger partial charge in [-0.05, 0) is 39.5 Å². The molecular formula is C17H34N2O3. The molecule has 5 heteroatoms. The maximum Gasteiger partial charge on any atom is 0.410 e. The summed E-state index contributed by atoms with van der Waals surface area (Å²) in [4.78, 5) is 14.2. The van der Waals surface area contributed by atoms with E-state index in [1.54, 1.807) is 0 Å². The number of hydrogen-bond acceptors (Lipinski definition) is 4. The Hall–Kier alpha value is -0.810. The maximum atomic E-state index is 12.4. The van der Waals surface area contributed by atoms with E-state index in [0.29, 0.717) is 25.8 Å². The minimum absolute atomic E-state index is 0.0751. The number of carbonyl (C=O) groups is 1. The van der Waals surface area contributed by atoms with Crippen molar-refractivity contribution >= 4 is 6.09 Å². The van der Waals surface area contributed by atoms with Gasteiger partial charge in [0.2, 0.25) is 0 Å². The highest BCUT2D eigenvalue weighted by molar-refractivity contribution is 5.68. The minimum Gasteiger partial charge on any atom is -0.444 e. The lowest BCUT2D eigenvalue weighted by Crippen LogP contribution is -2.52. The van der Waals surface area contributed by atoms with Crippen molar-refractivity contribution in [3.63, 3.8) is 0 Å². The first-order valence-corrected chi connectivity index (χ1v) is 8.29. The van der Waals surface area contributed by atoms with Crippen molar-refractivity contribution in [1.82, 2.24) is 10.2 Å². The van der Waals surface area contributed by atoms with Crippen LogP contribution in [-0.2, 0) is 9.47 Å². The fraction of sp³-hybridized carbons (Fsp3) is 0.941. The van der Waals surface area contributed by atoms with Crippen LogP contribution in [-0.4, -0.2) is 55.0 Å². The summed E-state index contributed by atoms with van der Waals surface area (Å²) in [5.74, 6) is 0. The average molecular weight is 314 g/mol. The van der Waals surface area contributed by atoms with Gasteiger partial charge in [-0.25, -0.2) is 4.79 Å². The van der Waals surface area contributed by atoms with E-state index in [0.717, 1.165) is 13.0 Å². The van der Waals surface area contributed by atoms with Crippen molar-refractivity contribution < 1.29 is 14.3 Å². The molecule has 130 valence electrons. The van der Waals surface area contributed by atoms with Gasteiger partial charge >= 0.3 is 6.09 Å². The summed E-state index contributed by atoms with van der Waals surface area (Å²) in [6, 6.07) is 0.405. The molecular weight excluding hydrogens is 280 g/mol. The zero-order valence-electron chi connectivity index (χ0n) is 15.4. The molecule has 0 aromatic heterocycles. The van der Waals surface area contributed by atoms with Crippen molar-refractivity contribution in [1.29, 1.82) is 0 Å². The van der Waals surface area contributed by atoms with Gasteiger partial charge in [0.05, 0.1) is 19.3 Å². The largest absolute Gasteiger partial charge is 0.444 e. The molecule has 0 aromatic rings. The predicted molar refractivity (Wildman–Crippen MR) is 89.1 cm³/mol. The molecule has 0 bridgehead atoms. The van der Waals surface area contributed by atoms with E-state index < -0.39 is 5.60 Å². The van der Waals surface area contributed by atoms with Gasteiger partial charge in [0.15, 0.2) is 0 Å². The third-order valence-corrected chi connectivity index (χ3v) is 3.46. The molecule has 1 fully saturated rings. The maximum absolute atomic E-state index is 12.4. The molecule has 22 heavy (non-hydrogen) atoms. The summed E-state index contributed by atoms with van der Waals surface area (Å²) in [6.45, 7) is 17.2. The average Bonchev–Trinajstić information content (AvgIpc) is 2.34. The van der Waals surface area contributed by atoms with E-state index in [-0.39, 0.29) is 17.6 Å². The predicted octanol–water partition coefficient (Wildman–Crippen LogP) is 3.04. The van der Waals surface area contributed by atoms with Gasteiger partial charge in [-0.2, -0.15) is 0 Å². The Labute approximate surface area is 135 Å². The number of rotatable bonds is 4. The molecule has 0 aromatic carbocycles. The third-order valence-electron chi connectivity index (χ3n) is 3.46. The van der Waals surface area contributed by atoms with Crippen molar-refractivity contribution in [2.45, 2.75) is 72.6 Å². The summed E-state index contributed by atoms with van der Waals surface area (Å²) in [6.07, 6.45) is 0.638. The van der Waals surface area contributed by atoms with Crippen molar-refractivity contribution in [2.75, 3.05) is 26.3 Å². The molecule has 0 spiro atoms. The number of nitrogens with one attached hydrogen (secondary N) is 1. The van der Waals surface area contributed by atoms with Crippen LogP contribution in [0, 0.1) is 5.41 Å². The molecule has 1 rings (SSSR count). The Balaban J connectivity index is 2.56. The Morgan fingerprint density at radius 2 is 1.95 bits per heavy atom. The third kappa shape index (κ3) is 7.45. The summed E-state index contributed by atoms with van der Waals surface area (Å²) in [7, 11) is 0. The van der Waals surface area contributed by atoms with Crippen molar-refractivity contribution in [2.24, 2.45) is 5.41 Å². The van der Waals surface area contributed by atoms with Crippen LogP contribution < -0.4 is 5.32 Å². The molecule has 0 saturated carbocycles. The topological polar surface area (TPSA) is 50.8 Å². The lowest BCUT2D eigenvalue weighted by molar-refractivity contribution is -0.0357. The van der Waals surface area contributed by atoms with Crippen LogP contribution in [0.2, 0.25) is 0 Å². The Kier molecular flexibility index (Phi) is 6.68. The summed E-state index contributed by atoms with van der Waals surface area (Å²) < 4.78 is 11.1. The molecule has 1 N–H and O–H groups in total. The van der Waals surface area contributed by atoms with Gasteiger partial charge in [0.1, 0.15) is 5.60 Å². The van der Waals surface area contributed by atoms with Crippen LogP contribution >= 0.6 is 0 Å². The molecule has 1 saturated heterocycles. The molecule has 5 nitrogen and oxygen atoms in total. The van der Waals surface area contributed by atoms with E-state index in [1.165, 1.54) is 0 Å². The second-order valence-corrected chi connectivity index (χ2v) is 8.48. The fourth-order valence-corrected chi connectivity index (χ4v) is 2.38. The lowest BCUT2D eigenvalue weighted by Gasteiger charge is -2.38. The van der Waals surface area contributed by atoms with Crippen LogP contribution in [0.15, 0.2) is 0 Å². The standard InChI is InChI=1S/C17H34N2O3/c1-13(18-12-16(2,3)4)10-14-11-21-9-8-19(14)15(20)22-17(5,6)7/h13-14,18H,8-12H2,1-7H3. The zero-order valence-corrected chi connectivity index (χ0v) is 15.4. The van der Waals surface area contributed by atoms with Gasteiger partial charge in [-0.3, -0.25) is 0 Å². The van der Waals surface area contributed by atoms with Crippen molar-refractivity contribution in [3.05, 3.63) is 0 Å². The Morgan fingerprint density at radius 3 is 2.50 bits per heavy atom. The highest BCUT2D eigenvalue weighted by Gasteiger charge is 2.31. The molecule has 2 unspecified atom stereocenters. The highest BCUT2D eigenvalue weighted by Crippen LogP contribution is 2.18. The van der Waals surface area contributed by atoms with Gasteiger partial charge in [-0.1, -0.05) is 20.8 Å². The fourth-order valence-electron chi connectivity index (χ4n) is 2.38. The first-order valence-electron chi connectivity index (χ1n) is 8.29. The summed E-state index contributed by atoms with van der Waals surface area (Å²) in [5.41, 5.74) is -0.210. The highest BCUT2D eigenvalue weighted by atomic mass is 16.6. The van der Waals surface area contributed by atoms with Crippen LogP contribution in [0.25, 0.3) is 0 Å². The van der Waals surface area contributed by atoms with Gasteiger partial charge < -0.3 is 19.7 Å².